The Morgan fingerprint density at radius 2 is 1.84 bits per heavy atom. The van der Waals surface area contributed by atoms with Gasteiger partial charge in [-0.2, -0.15) is 0 Å². The molecule has 1 heterocycles. The van der Waals surface area contributed by atoms with Crippen LogP contribution in [0.4, 0.5) is 4.39 Å². The highest BCUT2D eigenvalue weighted by Gasteiger charge is 2.54. The lowest BCUT2D eigenvalue weighted by atomic mass is 9.87. The van der Waals surface area contributed by atoms with Gasteiger partial charge in [-0.3, -0.25) is 9.59 Å². The fraction of sp³-hybridized carbons (Fsp3) is 0.641. The SMILES string of the molecule is CCC(C=CC(C)C(OC(=O)CC(O)CCCO)C(C)=CC=CC(C)(O)C(NCc1ccc(Cl)cc1F)C1OC1C(C)C(CC)OC)OC(C)=O. The van der Waals surface area contributed by atoms with E-state index in [0.29, 0.717) is 24.0 Å². The van der Waals surface area contributed by atoms with Crippen LogP contribution < -0.4 is 5.32 Å². The van der Waals surface area contributed by atoms with Crippen molar-refractivity contribution in [1.29, 1.82) is 0 Å². The van der Waals surface area contributed by atoms with E-state index in [1.807, 2.05) is 33.8 Å². The average Bonchev–Trinajstić information content (AvgIpc) is 3.85. The predicted molar refractivity (Wildman–Crippen MR) is 195 cm³/mol. The molecule has 0 amide bonds. The first-order chi connectivity index (χ1) is 24.1. The molecule has 0 radical (unpaired) electrons. The highest BCUT2D eigenvalue weighted by molar-refractivity contribution is 6.30. The first kappa shape index (κ1) is 44.5. The van der Waals surface area contributed by atoms with Crippen LogP contribution in [0.5, 0.6) is 0 Å². The molecule has 0 spiro atoms. The maximum Gasteiger partial charge on any atom is 0.309 e. The number of carbonyl (C=O) groups excluding carboxylic acids is 2. The van der Waals surface area contributed by atoms with Crippen molar-refractivity contribution in [1.82, 2.24) is 5.32 Å². The van der Waals surface area contributed by atoms with Crippen molar-refractivity contribution in [2.45, 2.75) is 135 Å². The lowest BCUT2D eigenvalue weighted by molar-refractivity contribution is -0.151. The zero-order chi connectivity index (χ0) is 38.3. The predicted octanol–water partition coefficient (Wildman–Crippen LogP) is 5.99. The third-order valence-electron chi connectivity index (χ3n) is 9.28. The van der Waals surface area contributed by atoms with Crippen molar-refractivity contribution in [3.8, 4) is 0 Å². The van der Waals surface area contributed by atoms with Gasteiger partial charge < -0.3 is 39.6 Å². The van der Waals surface area contributed by atoms with E-state index in [0.717, 1.165) is 6.42 Å². The zero-order valence-corrected chi connectivity index (χ0v) is 32.1. The highest BCUT2D eigenvalue weighted by Crippen LogP contribution is 2.39. The van der Waals surface area contributed by atoms with Crippen molar-refractivity contribution in [2.24, 2.45) is 11.8 Å². The molecule has 1 aromatic carbocycles. The Bertz CT molecular complexity index is 1330. The van der Waals surface area contributed by atoms with Gasteiger partial charge in [0.15, 0.2) is 0 Å². The molecular weight excluding hydrogens is 681 g/mol. The van der Waals surface area contributed by atoms with Crippen LogP contribution in [0.1, 0.15) is 86.1 Å². The molecule has 1 aromatic rings. The van der Waals surface area contributed by atoms with Crippen LogP contribution in [0.3, 0.4) is 0 Å². The number of halogens is 2. The molecule has 0 aliphatic carbocycles. The number of aliphatic hydroxyl groups is 3. The largest absolute Gasteiger partial charge is 0.458 e. The number of allylic oxidation sites excluding steroid dienone is 2. The van der Waals surface area contributed by atoms with E-state index >= 15 is 0 Å². The van der Waals surface area contributed by atoms with Crippen LogP contribution in [-0.2, 0) is 35.1 Å². The second-order valence-corrected chi connectivity index (χ2v) is 14.1. The van der Waals surface area contributed by atoms with Crippen LogP contribution >= 0.6 is 11.6 Å². The summed E-state index contributed by atoms with van der Waals surface area (Å²) in [7, 11) is 1.66. The zero-order valence-electron chi connectivity index (χ0n) is 31.3. The summed E-state index contributed by atoms with van der Waals surface area (Å²) in [6.45, 7) is 12.6. The Labute approximate surface area is 308 Å². The van der Waals surface area contributed by atoms with Gasteiger partial charge in [-0.1, -0.05) is 69.7 Å². The van der Waals surface area contributed by atoms with E-state index in [1.165, 1.54) is 13.0 Å². The van der Waals surface area contributed by atoms with Crippen LogP contribution in [0, 0.1) is 17.7 Å². The number of epoxide rings is 1. The van der Waals surface area contributed by atoms with Crippen molar-refractivity contribution in [3.05, 3.63) is 70.6 Å². The molecule has 12 heteroatoms. The van der Waals surface area contributed by atoms with Gasteiger partial charge in [-0.25, -0.2) is 4.39 Å². The van der Waals surface area contributed by atoms with E-state index < -0.39 is 47.7 Å². The summed E-state index contributed by atoms with van der Waals surface area (Å²) in [5, 5.41) is 34.8. The van der Waals surface area contributed by atoms with Crippen LogP contribution in [0.15, 0.2) is 54.2 Å². The lowest BCUT2D eigenvalue weighted by Gasteiger charge is -2.31. The molecule has 1 saturated heterocycles. The summed E-state index contributed by atoms with van der Waals surface area (Å²) in [6, 6.07) is 3.82. The number of aliphatic hydroxyl groups excluding tert-OH is 2. The van der Waals surface area contributed by atoms with Crippen molar-refractivity contribution >= 4 is 23.5 Å². The summed E-state index contributed by atoms with van der Waals surface area (Å²) in [4.78, 5) is 24.4. The summed E-state index contributed by atoms with van der Waals surface area (Å²) < 4.78 is 37.7. The van der Waals surface area contributed by atoms with E-state index in [4.69, 9.17) is 35.7 Å². The number of methoxy groups -OCH3 is 1. The third-order valence-corrected chi connectivity index (χ3v) is 9.52. The summed E-state index contributed by atoms with van der Waals surface area (Å²) in [5.74, 6) is -1.77. The Hall–Kier alpha value is -2.64. The van der Waals surface area contributed by atoms with Crippen molar-refractivity contribution < 1.29 is 48.2 Å². The molecule has 0 saturated carbocycles. The number of ether oxygens (including phenoxy) is 4. The minimum absolute atomic E-state index is 0.0338. The first-order valence-electron chi connectivity index (χ1n) is 17.9. The molecule has 4 N–H and O–H groups in total. The summed E-state index contributed by atoms with van der Waals surface area (Å²) in [6.07, 6.45) is 7.59. The number of hydrogen-bond donors (Lipinski definition) is 4. The number of carbonyl (C=O) groups is 2. The van der Waals surface area contributed by atoms with Gasteiger partial charge >= 0.3 is 11.9 Å². The second kappa shape index (κ2) is 21.8. The molecule has 1 aliphatic rings. The Morgan fingerprint density at radius 3 is 2.43 bits per heavy atom. The minimum atomic E-state index is -1.47. The molecule has 10 atom stereocenters. The molecule has 1 aliphatic heterocycles. The monoisotopic (exact) mass is 739 g/mol. The van der Waals surface area contributed by atoms with E-state index in [2.05, 4.69) is 5.32 Å². The summed E-state index contributed by atoms with van der Waals surface area (Å²) in [5.41, 5.74) is -0.424. The molecule has 10 nitrogen and oxygen atoms in total. The lowest BCUT2D eigenvalue weighted by Crippen LogP contribution is -2.52. The van der Waals surface area contributed by atoms with Gasteiger partial charge in [-0.05, 0) is 63.3 Å². The van der Waals surface area contributed by atoms with Crippen LogP contribution in [0.2, 0.25) is 5.02 Å². The van der Waals surface area contributed by atoms with Crippen molar-refractivity contribution in [3.63, 3.8) is 0 Å². The highest BCUT2D eigenvalue weighted by atomic mass is 35.5. The number of nitrogens with one attached hydrogen (secondary N) is 1. The Morgan fingerprint density at radius 1 is 1.14 bits per heavy atom. The standard InChI is InChI=1S/C39H59ClFNO9/c1-9-31(49-27(6)44)18-15-25(4)35(50-34(46)22-30(45)14-12-20-43)24(3)13-11-19-39(7,47)38(37-36(51-37)26(5)33(10-2)48-8)42-23-28-16-17-29(40)21-32(28)41/h11,13,15-19,21,25-26,30-31,33,35-38,42-43,45,47H,9-10,12,14,20,22-23H2,1-8H3. The smallest absolute Gasteiger partial charge is 0.309 e. The fourth-order valence-electron chi connectivity index (χ4n) is 6.22. The molecule has 0 bridgehead atoms. The molecule has 10 unspecified atom stereocenters. The van der Waals surface area contributed by atoms with Gasteiger partial charge in [0.2, 0.25) is 0 Å². The maximum atomic E-state index is 14.7. The Kier molecular flexibility index (Phi) is 19.0. The normalized spacial score (nSPS) is 21.8. The minimum Gasteiger partial charge on any atom is -0.458 e. The number of hydrogen-bond acceptors (Lipinski definition) is 10. The molecule has 288 valence electrons. The maximum absolute atomic E-state index is 14.7. The topological polar surface area (TPSA) is 147 Å². The van der Waals surface area contributed by atoms with E-state index in [1.54, 1.807) is 57.4 Å². The summed E-state index contributed by atoms with van der Waals surface area (Å²) >= 11 is 5.96. The van der Waals surface area contributed by atoms with E-state index in [-0.39, 0.29) is 61.2 Å². The molecule has 0 aromatic heterocycles. The van der Waals surface area contributed by atoms with Gasteiger partial charge in [0, 0.05) is 49.6 Å². The second-order valence-electron chi connectivity index (χ2n) is 13.6. The van der Waals surface area contributed by atoms with Gasteiger partial charge in [0.05, 0.1) is 36.4 Å². The molecule has 1 fully saturated rings. The number of rotatable bonds is 23. The van der Waals surface area contributed by atoms with E-state index in [9.17, 15) is 24.2 Å². The van der Waals surface area contributed by atoms with Crippen molar-refractivity contribution in [2.75, 3.05) is 13.7 Å². The quantitative estimate of drug-likeness (QED) is 0.0457. The Balaban J connectivity index is 2.36. The molecule has 51 heavy (non-hydrogen) atoms. The molecule has 2 rings (SSSR count). The fourth-order valence-corrected chi connectivity index (χ4v) is 6.38. The van der Waals surface area contributed by atoms with Gasteiger partial charge in [0.1, 0.15) is 24.1 Å². The van der Waals surface area contributed by atoms with Crippen LogP contribution in [-0.4, -0.2) is 89.2 Å². The first-order valence-corrected chi connectivity index (χ1v) is 18.2. The average molecular weight is 740 g/mol. The van der Waals surface area contributed by atoms with Gasteiger partial charge in [-0.15, -0.1) is 0 Å². The van der Waals surface area contributed by atoms with Crippen LogP contribution in [0.25, 0.3) is 0 Å². The third kappa shape index (κ3) is 14.7. The number of esters is 2. The van der Waals surface area contributed by atoms with Gasteiger partial charge in [0.25, 0.3) is 0 Å². The molecular formula is C39H59ClFNO9. The number of benzene rings is 1.